The van der Waals surface area contributed by atoms with E-state index in [2.05, 4.69) is 0 Å². The first-order valence-electron chi connectivity index (χ1n) is 3.62. The lowest BCUT2D eigenvalue weighted by molar-refractivity contribution is -0.0327. The van der Waals surface area contributed by atoms with Crippen LogP contribution in [-0.4, -0.2) is 19.6 Å². The lowest BCUT2D eigenvalue weighted by atomic mass is 9.96. The average Bonchev–Trinajstić information content (AvgIpc) is 1.83. The van der Waals surface area contributed by atoms with Gasteiger partial charge >= 0.3 is 0 Å². The molecule has 0 aliphatic heterocycles. The van der Waals surface area contributed by atoms with E-state index in [-0.39, 0.29) is 25.7 Å². The standard InChI is InChI=1S/C6H9ClF2O2S/c7-12(10,11)5-1-3-6(8,9)4-2-5/h5H,1-4H2. The summed E-state index contributed by atoms with van der Waals surface area (Å²) in [7, 11) is 1.40. The average molecular weight is 219 g/mol. The van der Waals surface area contributed by atoms with Crippen LogP contribution in [0.3, 0.4) is 0 Å². The predicted octanol–water partition coefficient (Wildman–Crippen LogP) is 2.13. The van der Waals surface area contributed by atoms with Crippen LogP contribution in [0.1, 0.15) is 25.7 Å². The molecule has 1 aliphatic carbocycles. The molecule has 0 spiro atoms. The maximum absolute atomic E-state index is 12.5. The molecule has 0 atom stereocenters. The quantitative estimate of drug-likeness (QED) is 0.632. The summed E-state index contributed by atoms with van der Waals surface area (Å²) in [5, 5.41) is -0.779. The van der Waals surface area contributed by atoms with Gasteiger partial charge in [-0.3, -0.25) is 0 Å². The van der Waals surface area contributed by atoms with Crippen molar-refractivity contribution >= 4 is 19.7 Å². The van der Waals surface area contributed by atoms with Gasteiger partial charge in [-0.25, -0.2) is 17.2 Å². The molecule has 0 amide bonds. The molecule has 0 unspecified atom stereocenters. The fourth-order valence-corrected chi connectivity index (χ4v) is 2.63. The third-order valence-corrected chi connectivity index (χ3v) is 4.09. The van der Waals surface area contributed by atoms with Gasteiger partial charge in [0.15, 0.2) is 0 Å². The molecule has 0 saturated heterocycles. The van der Waals surface area contributed by atoms with Gasteiger partial charge in [0.2, 0.25) is 15.0 Å². The van der Waals surface area contributed by atoms with Crippen molar-refractivity contribution < 1.29 is 17.2 Å². The second-order valence-corrected chi connectivity index (χ2v) is 5.94. The fraction of sp³-hybridized carbons (Fsp3) is 1.00. The highest BCUT2D eigenvalue weighted by atomic mass is 35.7. The summed E-state index contributed by atoms with van der Waals surface area (Å²) in [6.45, 7) is 0. The zero-order valence-corrected chi connectivity index (χ0v) is 7.84. The first-order chi connectivity index (χ1) is 5.31. The van der Waals surface area contributed by atoms with Crippen molar-refractivity contribution in [1.82, 2.24) is 0 Å². The number of hydrogen-bond donors (Lipinski definition) is 0. The van der Waals surface area contributed by atoms with Crippen LogP contribution in [0.4, 0.5) is 8.78 Å². The Labute approximate surface area is 74.3 Å². The Morgan fingerprint density at radius 2 is 1.67 bits per heavy atom. The van der Waals surface area contributed by atoms with E-state index in [1.54, 1.807) is 0 Å². The van der Waals surface area contributed by atoms with Gasteiger partial charge in [0.25, 0.3) is 0 Å². The minimum absolute atomic E-state index is 0.0289. The number of rotatable bonds is 1. The molecule has 72 valence electrons. The van der Waals surface area contributed by atoms with Crippen LogP contribution in [0.25, 0.3) is 0 Å². The van der Waals surface area contributed by atoms with Gasteiger partial charge in [-0.1, -0.05) is 0 Å². The number of hydrogen-bond acceptors (Lipinski definition) is 2. The zero-order chi connectivity index (χ0) is 9.41. The Kier molecular flexibility index (Phi) is 2.63. The van der Waals surface area contributed by atoms with E-state index in [0.717, 1.165) is 0 Å². The van der Waals surface area contributed by atoms with Gasteiger partial charge in [0.05, 0.1) is 5.25 Å². The molecular weight excluding hydrogens is 210 g/mol. The lowest BCUT2D eigenvalue weighted by Crippen LogP contribution is -2.30. The van der Waals surface area contributed by atoms with E-state index in [1.165, 1.54) is 0 Å². The molecule has 0 aromatic carbocycles. The van der Waals surface area contributed by atoms with Crippen molar-refractivity contribution in [3.05, 3.63) is 0 Å². The molecule has 0 bridgehead atoms. The van der Waals surface area contributed by atoms with Crippen LogP contribution in [0.2, 0.25) is 0 Å². The molecule has 0 heterocycles. The topological polar surface area (TPSA) is 34.1 Å². The molecule has 2 nitrogen and oxygen atoms in total. The molecule has 12 heavy (non-hydrogen) atoms. The monoisotopic (exact) mass is 218 g/mol. The van der Waals surface area contributed by atoms with Crippen LogP contribution in [0, 0.1) is 0 Å². The van der Waals surface area contributed by atoms with Crippen LogP contribution in [-0.2, 0) is 9.05 Å². The van der Waals surface area contributed by atoms with Gasteiger partial charge in [-0.2, -0.15) is 0 Å². The minimum Gasteiger partial charge on any atom is -0.212 e. The van der Waals surface area contributed by atoms with Crippen molar-refractivity contribution in [1.29, 1.82) is 0 Å². The molecule has 0 N–H and O–H groups in total. The van der Waals surface area contributed by atoms with Crippen LogP contribution in [0.5, 0.6) is 0 Å². The van der Waals surface area contributed by atoms with Gasteiger partial charge in [0.1, 0.15) is 0 Å². The predicted molar refractivity (Wildman–Crippen MR) is 42.0 cm³/mol. The van der Waals surface area contributed by atoms with Crippen LogP contribution in [0.15, 0.2) is 0 Å². The Morgan fingerprint density at radius 3 is 2.00 bits per heavy atom. The molecule has 0 radical (unpaired) electrons. The van der Waals surface area contributed by atoms with E-state index in [9.17, 15) is 17.2 Å². The molecular formula is C6H9ClF2O2S. The van der Waals surface area contributed by atoms with Gasteiger partial charge in [-0.15, -0.1) is 0 Å². The van der Waals surface area contributed by atoms with Gasteiger partial charge in [0, 0.05) is 23.5 Å². The first kappa shape index (κ1) is 10.2. The summed E-state index contributed by atoms with van der Waals surface area (Å²) in [6.07, 6.45) is -0.801. The minimum atomic E-state index is -3.64. The van der Waals surface area contributed by atoms with Gasteiger partial charge < -0.3 is 0 Å². The SMILES string of the molecule is O=S(=O)(Cl)C1CCC(F)(F)CC1. The molecule has 1 rings (SSSR count). The maximum Gasteiger partial charge on any atom is 0.248 e. The zero-order valence-electron chi connectivity index (χ0n) is 6.26. The van der Waals surface area contributed by atoms with Crippen molar-refractivity contribution in [2.75, 3.05) is 0 Å². The van der Waals surface area contributed by atoms with E-state index < -0.39 is 20.2 Å². The molecule has 0 aromatic heterocycles. The van der Waals surface area contributed by atoms with Crippen molar-refractivity contribution in [2.45, 2.75) is 36.9 Å². The Hall–Kier alpha value is 0.1000. The summed E-state index contributed by atoms with van der Waals surface area (Å²) in [6, 6.07) is 0. The Balaban J connectivity index is 2.59. The summed E-state index contributed by atoms with van der Waals surface area (Å²) < 4.78 is 46.5. The molecule has 6 heteroatoms. The van der Waals surface area contributed by atoms with Gasteiger partial charge in [-0.05, 0) is 12.8 Å². The second-order valence-electron chi connectivity index (χ2n) is 3.03. The van der Waals surface area contributed by atoms with Crippen molar-refractivity contribution in [2.24, 2.45) is 0 Å². The number of halogens is 3. The summed E-state index contributed by atoms with van der Waals surface area (Å²) in [5.41, 5.74) is 0. The largest absolute Gasteiger partial charge is 0.248 e. The van der Waals surface area contributed by atoms with E-state index in [0.29, 0.717) is 0 Å². The number of alkyl halides is 2. The van der Waals surface area contributed by atoms with E-state index in [4.69, 9.17) is 10.7 Å². The molecule has 1 fully saturated rings. The smallest absolute Gasteiger partial charge is 0.212 e. The third kappa shape index (κ3) is 2.55. The maximum atomic E-state index is 12.5. The van der Waals surface area contributed by atoms with E-state index in [1.807, 2.05) is 0 Å². The summed E-state index contributed by atoms with van der Waals surface area (Å²) in [5.74, 6) is -2.70. The molecule has 1 saturated carbocycles. The second kappa shape index (κ2) is 3.10. The summed E-state index contributed by atoms with van der Waals surface area (Å²) in [4.78, 5) is 0. The third-order valence-electron chi connectivity index (χ3n) is 2.06. The molecule has 0 aromatic rings. The van der Waals surface area contributed by atoms with E-state index >= 15 is 0 Å². The fourth-order valence-electron chi connectivity index (χ4n) is 1.30. The van der Waals surface area contributed by atoms with Crippen LogP contribution < -0.4 is 0 Å². The Morgan fingerprint density at radius 1 is 1.25 bits per heavy atom. The van der Waals surface area contributed by atoms with Crippen LogP contribution >= 0.6 is 10.7 Å². The first-order valence-corrected chi connectivity index (χ1v) is 6.00. The lowest BCUT2D eigenvalue weighted by Gasteiger charge is -2.25. The van der Waals surface area contributed by atoms with Crippen molar-refractivity contribution in [3.63, 3.8) is 0 Å². The molecule has 1 aliphatic rings. The normalized spacial score (nSPS) is 25.6. The highest BCUT2D eigenvalue weighted by molar-refractivity contribution is 8.14. The van der Waals surface area contributed by atoms with Crippen molar-refractivity contribution in [3.8, 4) is 0 Å². The Bertz CT molecular complexity index is 253. The highest BCUT2D eigenvalue weighted by Crippen LogP contribution is 2.36. The summed E-state index contributed by atoms with van der Waals surface area (Å²) >= 11 is 0. The highest BCUT2D eigenvalue weighted by Gasteiger charge is 2.39.